The summed E-state index contributed by atoms with van der Waals surface area (Å²) in [5, 5.41) is 13.8. The van der Waals surface area contributed by atoms with Gasteiger partial charge < -0.3 is 14.7 Å². The highest BCUT2D eigenvalue weighted by molar-refractivity contribution is 6.03. The zero-order chi connectivity index (χ0) is 11.7. The van der Waals surface area contributed by atoms with Gasteiger partial charge in [0, 0.05) is 6.42 Å². The summed E-state index contributed by atoms with van der Waals surface area (Å²) >= 11 is 0. The topological polar surface area (TPSA) is 61.7 Å². The Hall–Kier alpha value is -1.98. The number of rotatable bonds is 2. The number of benzene rings is 1. The first-order valence-electron chi connectivity index (χ1n) is 4.47. The molecule has 0 fully saturated rings. The van der Waals surface area contributed by atoms with Gasteiger partial charge in [0.1, 0.15) is 11.6 Å². The van der Waals surface area contributed by atoms with Crippen molar-refractivity contribution in [2.45, 2.75) is 12.5 Å². The van der Waals surface area contributed by atoms with E-state index in [0.717, 1.165) is 12.1 Å². The fraction of sp³-hybridized carbons (Fsp3) is 0.200. The van der Waals surface area contributed by atoms with Crippen molar-refractivity contribution in [1.29, 1.82) is 0 Å². The van der Waals surface area contributed by atoms with Crippen molar-refractivity contribution in [2.24, 2.45) is 5.16 Å². The van der Waals surface area contributed by atoms with E-state index in [2.05, 4.69) is 9.99 Å². The molecular formula is C10H6F2NO3-. The van der Waals surface area contributed by atoms with Crippen LogP contribution >= 0.6 is 0 Å². The van der Waals surface area contributed by atoms with E-state index in [4.69, 9.17) is 0 Å². The lowest BCUT2D eigenvalue weighted by atomic mass is 10.0. The van der Waals surface area contributed by atoms with Gasteiger partial charge in [-0.3, -0.25) is 0 Å². The second kappa shape index (κ2) is 3.88. The van der Waals surface area contributed by atoms with Crippen LogP contribution in [0.25, 0.3) is 0 Å². The molecule has 1 aliphatic rings. The van der Waals surface area contributed by atoms with E-state index in [1.54, 1.807) is 0 Å². The van der Waals surface area contributed by atoms with Crippen LogP contribution in [0.15, 0.2) is 23.4 Å². The van der Waals surface area contributed by atoms with Crippen LogP contribution in [-0.2, 0) is 9.63 Å². The van der Waals surface area contributed by atoms with Crippen LogP contribution in [0.5, 0.6) is 0 Å². The van der Waals surface area contributed by atoms with Crippen molar-refractivity contribution in [1.82, 2.24) is 0 Å². The number of hydrogen-bond donors (Lipinski definition) is 0. The van der Waals surface area contributed by atoms with E-state index in [1.165, 1.54) is 6.07 Å². The summed E-state index contributed by atoms with van der Waals surface area (Å²) < 4.78 is 26.6. The third kappa shape index (κ3) is 1.73. The number of hydrogen-bond acceptors (Lipinski definition) is 4. The van der Waals surface area contributed by atoms with Gasteiger partial charge in [-0.1, -0.05) is 11.2 Å². The van der Waals surface area contributed by atoms with E-state index in [-0.39, 0.29) is 17.7 Å². The molecule has 0 saturated heterocycles. The minimum Gasteiger partial charge on any atom is -0.546 e. The molecule has 1 aromatic rings. The molecule has 1 aliphatic heterocycles. The minimum absolute atomic E-state index is 0.0650. The molecule has 0 aliphatic carbocycles. The summed E-state index contributed by atoms with van der Waals surface area (Å²) in [4.78, 5) is 14.9. The Morgan fingerprint density at radius 3 is 2.56 bits per heavy atom. The van der Waals surface area contributed by atoms with Gasteiger partial charge in [-0.05, 0) is 12.1 Å². The van der Waals surface area contributed by atoms with Gasteiger partial charge in [-0.15, -0.1) is 0 Å². The molecule has 1 heterocycles. The number of oxime groups is 1. The maximum Gasteiger partial charge on any atom is 0.172 e. The van der Waals surface area contributed by atoms with Gasteiger partial charge >= 0.3 is 0 Å². The summed E-state index contributed by atoms with van der Waals surface area (Å²) in [6.07, 6.45) is -1.49. The lowest BCUT2D eigenvalue weighted by Crippen LogP contribution is -2.35. The number of carbonyl (C=O) groups is 1. The van der Waals surface area contributed by atoms with Gasteiger partial charge in [0.25, 0.3) is 0 Å². The minimum atomic E-state index is -1.46. The summed E-state index contributed by atoms with van der Waals surface area (Å²) in [6, 6.07) is 3.33. The van der Waals surface area contributed by atoms with Gasteiger partial charge in [-0.2, -0.15) is 0 Å². The molecule has 0 N–H and O–H groups in total. The molecule has 84 valence electrons. The van der Waals surface area contributed by atoms with Crippen LogP contribution in [-0.4, -0.2) is 17.8 Å². The van der Waals surface area contributed by atoms with Crippen LogP contribution in [0.4, 0.5) is 8.78 Å². The Kier molecular flexibility index (Phi) is 2.55. The first kappa shape index (κ1) is 10.5. The molecule has 0 amide bonds. The Morgan fingerprint density at radius 2 is 2.06 bits per heavy atom. The molecule has 1 atom stereocenters. The van der Waals surface area contributed by atoms with Gasteiger partial charge in [0.15, 0.2) is 6.10 Å². The molecule has 0 saturated carbocycles. The van der Waals surface area contributed by atoms with Gasteiger partial charge in [0.05, 0.1) is 17.2 Å². The molecule has 0 spiro atoms. The number of halogens is 2. The summed E-state index contributed by atoms with van der Waals surface area (Å²) in [5.41, 5.74) is -0.420. The number of aliphatic carboxylic acids is 1. The normalized spacial score (nSPS) is 19.1. The van der Waals surface area contributed by atoms with Crippen LogP contribution in [0, 0.1) is 11.6 Å². The SMILES string of the molecule is O=C([O-])C1CC(c2c(F)cccc2F)=NO1. The standard InChI is InChI=1S/C10H7F2NO3/c11-5-2-1-3-6(12)9(5)7-4-8(10(14)15)16-13-7/h1-3,8H,4H2,(H,14,15)/p-1. The molecule has 0 radical (unpaired) electrons. The Balaban J connectivity index is 2.31. The largest absolute Gasteiger partial charge is 0.546 e. The first-order chi connectivity index (χ1) is 7.59. The number of carboxylic acid groups (broad SMARTS) is 1. The van der Waals surface area contributed by atoms with Crippen LogP contribution < -0.4 is 5.11 Å². The van der Waals surface area contributed by atoms with Crippen molar-refractivity contribution in [2.75, 3.05) is 0 Å². The Labute approximate surface area is 89.1 Å². The monoisotopic (exact) mass is 226 g/mol. The average molecular weight is 226 g/mol. The predicted octanol–water partition coefficient (Wildman–Crippen LogP) is 0.208. The van der Waals surface area contributed by atoms with E-state index >= 15 is 0 Å². The molecule has 4 nitrogen and oxygen atoms in total. The van der Waals surface area contributed by atoms with Crippen molar-refractivity contribution < 1.29 is 23.5 Å². The maximum absolute atomic E-state index is 13.3. The van der Waals surface area contributed by atoms with Crippen molar-refractivity contribution in [3.63, 3.8) is 0 Å². The van der Waals surface area contributed by atoms with E-state index in [1.807, 2.05) is 0 Å². The van der Waals surface area contributed by atoms with Crippen LogP contribution in [0.1, 0.15) is 12.0 Å². The zero-order valence-electron chi connectivity index (χ0n) is 7.94. The summed E-state index contributed by atoms with van der Waals surface area (Å²) in [6.45, 7) is 0. The number of carbonyl (C=O) groups excluding carboxylic acids is 1. The van der Waals surface area contributed by atoms with Gasteiger partial charge in [-0.25, -0.2) is 8.78 Å². The van der Waals surface area contributed by atoms with Gasteiger partial charge in [0.2, 0.25) is 0 Å². The fourth-order valence-corrected chi connectivity index (χ4v) is 1.42. The van der Waals surface area contributed by atoms with E-state index in [0.29, 0.717) is 0 Å². The highest BCUT2D eigenvalue weighted by Gasteiger charge is 2.26. The maximum atomic E-state index is 13.3. The van der Waals surface area contributed by atoms with Crippen molar-refractivity contribution >= 4 is 11.7 Å². The van der Waals surface area contributed by atoms with Crippen LogP contribution in [0.3, 0.4) is 0 Å². The number of nitrogens with zero attached hydrogens (tertiary/aromatic N) is 1. The predicted molar refractivity (Wildman–Crippen MR) is 47.4 cm³/mol. The third-order valence-corrected chi connectivity index (χ3v) is 2.18. The number of carboxylic acids is 1. The molecule has 0 bridgehead atoms. The van der Waals surface area contributed by atoms with E-state index < -0.39 is 23.7 Å². The van der Waals surface area contributed by atoms with E-state index in [9.17, 15) is 18.7 Å². The second-order valence-electron chi connectivity index (χ2n) is 3.25. The Bertz CT molecular complexity index is 453. The quantitative estimate of drug-likeness (QED) is 0.724. The zero-order valence-corrected chi connectivity index (χ0v) is 7.94. The lowest BCUT2D eigenvalue weighted by Gasteiger charge is -2.07. The average Bonchev–Trinajstić information content (AvgIpc) is 2.66. The second-order valence-corrected chi connectivity index (χ2v) is 3.25. The van der Waals surface area contributed by atoms with Crippen molar-refractivity contribution in [3.8, 4) is 0 Å². The summed E-state index contributed by atoms with van der Waals surface area (Å²) in [5.74, 6) is -3.07. The summed E-state index contributed by atoms with van der Waals surface area (Å²) in [7, 11) is 0. The third-order valence-electron chi connectivity index (χ3n) is 2.18. The van der Waals surface area contributed by atoms with Crippen molar-refractivity contribution in [3.05, 3.63) is 35.4 Å². The molecule has 1 aromatic carbocycles. The molecule has 2 rings (SSSR count). The molecule has 16 heavy (non-hydrogen) atoms. The smallest absolute Gasteiger partial charge is 0.172 e. The Morgan fingerprint density at radius 1 is 1.44 bits per heavy atom. The molecule has 0 aromatic heterocycles. The molecule has 6 heteroatoms. The first-order valence-corrected chi connectivity index (χ1v) is 4.47. The molecule has 1 unspecified atom stereocenters. The highest BCUT2D eigenvalue weighted by Crippen LogP contribution is 2.21. The fourth-order valence-electron chi connectivity index (χ4n) is 1.42. The van der Waals surface area contributed by atoms with Crippen LogP contribution in [0.2, 0.25) is 0 Å². The highest BCUT2D eigenvalue weighted by atomic mass is 19.1. The lowest BCUT2D eigenvalue weighted by molar-refractivity contribution is -0.315. The molecular weight excluding hydrogens is 220 g/mol.